The number of esters is 4. The van der Waals surface area contributed by atoms with E-state index in [1.54, 1.807) is 0 Å². The number of unbranched alkanes of at least 4 members (excludes halogenated alkanes) is 40. The number of phosphoric ester groups is 2. The van der Waals surface area contributed by atoms with Crippen molar-refractivity contribution >= 4 is 39.5 Å². The molecule has 0 heterocycles. The molecule has 5 atom stereocenters. The van der Waals surface area contributed by atoms with E-state index in [-0.39, 0.29) is 25.7 Å². The van der Waals surface area contributed by atoms with Gasteiger partial charge in [0.2, 0.25) is 0 Å². The predicted octanol–water partition coefficient (Wildman–Crippen LogP) is 21.4. The van der Waals surface area contributed by atoms with E-state index < -0.39 is 97.5 Å². The smallest absolute Gasteiger partial charge is 0.462 e. The lowest BCUT2D eigenvalue weighted by atomic mass is 10.0. The van der Waals surface area contributed by atoms with Gasteiger partial charge in [-0.05, 0) is 43.4 Å². The summed E-state index contributed by atoms with van der Waals surface area (Å²) in [5, 5.41) is 10.6. The molecule has 552 valence electrons. The van der Waals surface area contributed by atoms with Crippen molar-refractivity contribution in [2.24, 2.45) is 17.8 Å². The van der Waals surface area contributed by atoms with Gasteiger partial charge in [0.15, 0.2) is 12.2 Å². The third-order valence-corrected chi connectivity index (χ3v) is 19.0. The van der Waals surface area contributed by atoms with E-state index in [4.69, 9.17) is 37.0 Å². The number of hydrogen-bond acceptors (Lipinski definition) is 15. The molecule has 0 saturated heterocycles. The predicted molar refractivity (Wildman–Crippen MR) is 377 cm³/mol. The number of ether oxygens (including phenoxy) is 4. The monoisotopic (exact) mass is 1370 g/mol. The van der Waals surface area contributed by atoms with E-state index >= 15 is 0 Å². The molecule has 0 saturated carbocycles. The lowest BCUT2D eigenvalue weighted by molar-refractivity contribution is -0.161. The minimum atomic E-state index is -4.95. The number of phosphoric acid groups is 2. The molecule has 2 unspecified atom stereocenters. The first-order chi connectivity index (χ1) is 44.7. The lowest BCUT2D eigenvalue weighted by Gasteiger charge is -2.21. The average molecular weight is 1370 g/mol. The van der Waals surface area contributed by atoms with E-state index in [1.165, 1.54) is 180 Å². The van der Waals surface area contributed by atoms with E-state index in [1.807, 2.05) is 0 Å². The first-order valence-corrected chi connectivity index (χ1v) is 41.3. The zero-order chi connectivity index (χ0) is 68.7. The Balaban J connectivity index is 5.18. The summed E-state index contributed by atoms with van der Waals surface area (Å²) >= 11 is 0. The lowest BCUT2D eigenvalue weighted by Crippen LogP contribution is -2.30. The van der Waals surface area contributed by atoms with Crippen LogP contribution < -0.4 is 0 Å². The van der Waals surface area contributed by atoms with Crippen LogP contribution in [0.15, 0.2) is 0 Å². The van der Waals surface area contributed by atoms with Gasteiger partial charge in [-0.15, -0.1) is 0 Å². The number of aliphatic hydroxyl groups is 1. The van der Waals surface area contributed by atoms with Gasteiger partial charge < -0.3 is 33.8 Å². The van der Waals surface area contributed by atoms with Crippen molar-refractivity contribution < 1.29 is 80.2 Å². The summed E-state index contributed by atoms with van der Waals surface area (Å²) in [6.45, 7) is 11.8. The fourth-order valence-corrected chi connectivity index (χ4v) is 12.8. The van der Waals surface area contributed by atoms with Crippen molar-refractivity contribution in [2.75, 3.05) is 39.6 Å². The molecule has 0 rings (SSSR count). The second-order valence-corrected chi connectivity index (χ2v) is 31.0. The minimum absolute atomic E-state index is 0.103. The number of rotatable bonds is 72. The molecule has 0 aliphatic heterocycles. The normalized spacial score (nSPS) is 14.1. The number of carbonyl (C=O) groups excluding carboxylic acids is 4. The third kappa shape index (κ3) is 68.4. The highest BCUT2D eigenvalue weighted by Gasteiger charge is 2.30. The highest BCUT2D eigenvalue weighted by atomic mass is 31.2. The van der Waals surface area contributed by atoms with Gasteiger partial charge in [-0.2, -0.15) is 0 Å². The highest BCUT2D eigenvalue weighted by Crippen LogP contribution is 2.45. The maximum absolute atomic E-state index is 13.1. The zero-order valence-electron chi connectivity index (χ0n) is 60.7. The Bertz CT molecular complexity index is 1820. The summed E-state index contributed by atoms with van der Waals surface area (Å²) < 4.78 is 68.4. The second kappa shape index (κ2) is 64.7. The van der Waals surface area contributed by atoms with Crippen LogP contribution in [0.2, 0.25) is 0 Å². The molecule has 0 amide bonds. The molecular formula is C74H144O17P2. The second-order valence-electron chi connectivity index (χ2n) is 28.1. The van der Waals surface area contributed by atoms with E-state index in [0.29, 0.717) is 37.5 Å². The molecule has 0 aliphatic carbocycles. The van der Waals surface area contributed by atoms with Crippen LogP contribution in [0.25, 0.3) is 0 Å². The quantitative estimate of drug-likeness (QED) is 0.0222. The molecular weight excluding hydrogens is 1220 g/mol. The first kappa shape index (κ1) is 91.1. The topological polar surface area (TPSA) is 237 Å². The first-order valence-electron chi connectivity index (χ1n) is 38.3. The molecule has 0 radical (unpaired) electrons. The third-order valence-electron chi connectivity index (χ3n) is 17.1. The van der Waals surface area contributed by atoms with Crippen molar-refractivity contribution in [3.05, 3.63) is 0 Å². The molecule has 17 nitrogen and oxygen atoms in total. The number of hydrogen-bond donors (Lipinski definition) is 3. The van der Waals surface area contributed by atoms with E-state index in [2.05, 4.69) is 48.5 Å². The van der Waals surface area contributed by atoms with Crippen LogP contribution in [0, 0.1) is 17.8 Å². The molecule has 0 spiro atoms. The maximum Gasteiger partial charge on any atom is 0.472 e. The highest BCUT2D eigenvalue weighted by molar-refractivity contribution is 7.47. The standard InChI is InChI=1S/C74H144O17P2/c1-8-9-10-11-12-13-14-24-27-34-41-48-55-71(76)84-61-69(90-73(78)57-50-43-35-28-25-22-20-18-16-15-17-19-21-23-26-31-38-45-52-65(2)3)63-88-92(80,81)86-59-68(75)60-87-93(82,83)89-64-70(91-74(79)58-51-44-37-30-33-40-47-54-67(6)7)62-85-72(77)56-49-42-36-29-32-39-46-53-66(4)5/h65-70,75H,8-64H2,1-7H3,(H,80,81)(H,82,83)/t68-,69-,70-/m1/s1. The minimum Gasteiger partial charge on any atom is -0.462 e. The van der Waals surface area contributed by atoms with Crippen LogP contribution in [0.3, 0.4) is 0 Å². The van der Waals surface area contributed by atoms with Gasteiger partial charge in [-0.1, -0.05) is 325 Å². The fourth-order valence-electron chi connectivity index (χ4n) is 11.2. The largest absolute Gasteiger partial charge is 0.472 e. The van der Waals surface area contributed by atoms with Crippen molar-refractivity contribution in [1.29, 1.82) is 0 Å². The summed E-state index contributed by atoms with van der Waals surface area (Å²) in [6, 6.07) is 0. The molecule has 0 aliphatic rings. The number of aliphatic hydroxyl groups excluding tert-OH is 1. The van der Waals surface area contributed by atoms with Crippen molar-refractivity contribution in [3.8, 4) is 0 Å². The Morgan fingerprint density at radius 2 is 0.495 bits per heavy atom. The molecule has 0 aromatic carbocycles. The summed E-state index contributed by atoms with van der Waals surface area (Å²) in [5.74, 6) is 0.0970. The van der Waals surface area contributed by atoms with E-state index in [0.717, 1.165) is 102 Å². The Hall–Kier alpha value is -1.94. The molecule has 93 heavy (non-hydrogen) atoms. The maximum atomic E-state index is 13.1. The van der Waals surface area contributed by atoms with Gasteiger partial charge in [0.05, 0.1) is 26.4 Å². The van der Waals surface area contributed by atoms with Gasteiger partial charge in [0.25, 0.3) is 0 Å². The summed E-state index contributed by atoms with van der Waals surface area (Å²) in [6.07, 6.45) is 50.2. The summed E-state index contributed by atoms with van der Waals surface area (Å²) in [5.41, 5.74) is 0. The van der Waals surface area contributed by atoms with Gasteiger partial charge in [-0.3, -0.25) is 37.3 Å². The van der Waals surface area contributed by atoms with Crippen LogP contribution in [0.5, 0.6) is 0 Å². The SMILES string of the molecule is CCCCCCCCCCCCCCC(=O)OC[C@H](COP(=O)(O)OC[C@@H](O)COP(=O)(O)OC[C@@H](COC(=O)CCCCCCCCCC(C)C)OC(=O)CCCCCCCCCC(C)C)OC(=O)CCCCCCCCCCCCCCCCCCCCC(C)C. The Morgan fingerprint density at radius 1 is 0.290 bits per heavy atom. The van der Waals surface area contributed by atoms with Gasteiger partial charge in [0.1, 0.15) is 19.3 Å². The molecule has 0 aromatic rings. The van der Waals surface area contributed by atoms with E-state index in [9.17, 15) is 43.2 Å². The average Bonchev–Trinajstić information content (AvgIpc) is 1.39. The van der Waals surface area contributed by atoms with Crippen LogP contribution in [-0.4, -0.2) is 96.7 Å². The van der Waals surface area contributed by atoms with Crippen LogP contribution in [0.4, 0.5) is 0 Å². The summed E-state index contributed by atoms with van der Waals surface area (Å²) in [7, 11) is -9.90. The molecule has 0 fully saturated rings. The molecule has 19 heteroatoms. The molecule has 3 N–H and O–H groups in total. The van der Waals surface area contributed by atoms with Crippen molar-refractivity contribution in [1.82, 2.24) is 0 Å². The van der Waals surface area contributed by atoms with Crippen LogP contribution in [-0.2, 0) is 65.4 Å². The molecule has 0 aromatic heterocycles. The fraction of sp³-hybridized carbons (Fsp3) is 0.946. The van der Waals surface area contributed by atoms with Crippen molar-refractivity contribution in [2.45, 2.75) is 394 Å². The van der Waals surface area contributed by atoms with Gasteiger partial charge in [-0.25, -0.2) is 9.13 Å². The summed E-state index contributed by atoms with van der Waals surface area (Å²) in [4.78, 5) is 72.6. The Morgan fingerprint density at radius 3 is 0.731 bits per heavy atom. The Labute approximate surface area is 568 Å². The van der Waals surface area contributed by atoms with Crippen LogP contribution in [0.1, 0.15) is 376 Å². The van der Waals surface area contributed by atoms with Crippen LogP contribution >= 0.6 is 15.6 Å². The van der Waals surface area contributed by atoms with Crippen molar-refractivity contribution in [3.63, 3.8) is 0 Å². The van der Waals surface area contributed by atoms with Gasteiger partial charge in [0, 0.05) is 25.7 Å². The number of carbonyl (C=O) groups is 4. The Kier molecular flexibility index (Phi) is 63.4. The van der Waals surface area contributed by atoms with Gasteiger partial charge >= 0.3 is 39.5 Å². The molecule has 0 bridgehead atoms. The zero-order valence-corrected chi connectivity index (χ0v) is 62.5.